The zero-order chi connectivity index (χ0) is 30.6. The number of anilines is 4. The minimum absolute atomic E-state index is 0.243. The summed E-state index contributed by atoms with van der Waals surface area (Å²) in [5.74, 6) is 1.70. The summed E-state index contributed by atoms with van der Waals surface area (Å²) in [6.07, 6.45) is 4.34. The van der Waals surface area contributed by atoms with E-state index < -0.39 is 5.41 Å². The van der Waals surface area contributed by atoms with E-state index in [4.69, 9.17) is 9.97 Å². The van der Waals surface area contributed by atoms with Crippen molar-refractivity contribution in [3.63, 3.8) is 0 Å². The van der Waals surface area contributed by atoms with Crippen LogP contribution < -0.4 is 9.80 Å². The van der Waals surface area contributed by atoms with Gasteiger partial charge in [0.1, 0.15) is 0 Å². The van der Waals surface area contributed by atoms with Crippen molar-refractivity contribution in [2.45, 2.75) is 38.5 Å². The fraction of sp³-hybridized carbons (Fsp3) is 0.211. The molecule has 2 aromatic heterocycles. The third kappa shape index (κ3) is 4.49. The van der Waals surface area contributed by atoms with Crippen LogP contribution in [0.1, 0.15) is 50.2 Å². The number of nitrogens with zero attached hydrogens (tertiary/aromatic N) is 6. The van der Waals surface area contributed by atoms with Gasteiger partial charge in [-0.3, -0.25) is 9.13 Å². The van der Waals surface area contributed by atoms with Gasteiger partial charge >= 0.3 is 0 Å². The third-order valence-corrected chi connectivity index (χ3v) is 9.23. The minimum atomic E-state index is -0.492. The maximum atomic E-state index is 5.34. The highest BCUT2D eigenvalue weighted by Crippen LogP contribution is 2.40. The summed E-state index contributed by atoms with van der Waals surface area (Å²) in [4.78, 5) is 15.1. The van der Waals surface area contributed by atoms with Gasteiger partial charge in [0.05, 0.1) is 16.8 Å². The fourth-order valence-electron chi connectivity index (χ4n) is 6.11. The molecule has 6 aromatic rings. The van der Waals surface area contributed by atoms with Crippen LogP contribution in [0, 0.1) is 0 Å². The first-order chi connectivity index (χ1) is 21.1. The Kier molecular flexibility index (Phi) is 6.47. The van der Waals surface area contributed by atoms with Crippen molar-refractivity contribution < 1.29 is 0 Å². The quantitative estimate of drug-likeness (QED) is 0.206. The molecule has 0 radical (unpaired) electrons. The Labute approximate surface area is 259 Å². The summed E-state index contributed by atoms with van der Waals surface area (Å²) in [6.45, 7) is 9.01. The van der Waals surface area contributed by atoms with Gasteiger partial charge in [-0.05, 0) is 73.5 Å². The van der Waals surface area contributed by atoms with E-state index in [2.05, 4.69) is 170 Å². The van der Waals surface area contributed by atoms with Gasteiger partial charge in [-0.2, -0.15) is 0 Å². The van der Waals surface area contributed by atoms with Crippen LogP contribution in [-0.2, 0) is 10.8 Å². The fourth-order valence-corrected chi connectivity index (χ4v) is 6.11. The van der Waals surface area contributed by atoms with Crippen LogP contribution in [0.3, 0.4) is 0 Å². The van der Waals surface area contributed by atoms with Gasteiger partial charge in [0.2, 0.25) is 11.9 Å². The van der Waals surface area contributed by atoms with Crippen molar-refractivity contribution in [1.29, 1.82) is 0 Å². The lowest BCUT2D eigenvalue weighted by Crippen LogP contribution is -2.22. The van der Waals surface area contributed by atoms with Gasteiger partial charge in [0, 0.05) is 54.7 Å². The molecule has 0 spiro atoms. The Bertz CT molecular complexity index is 1810. The molecule has 6 heteroatoms. The van der Waals surface area contributed by atoms with Crippen LogP contribution in [0.4, 0.5) is 23.3 Å². The van der Waals surface area contributed by atoms with Crippen molar-refractivity contribution in [2.75, 3.05) is 23.9 Å². The predicted molar refractivity (Wildman–Crippen MR) is 180 cm³/mol. The van der Waals surface area contributed by atoms with Crippen LogP contribution in [0.2, 0.25) is 0 Å². The number of para-hydroxylation sites is 2. The number of imidazole rings is 2. The molecule has 1 aliphatic rings. The SMILES string of the molecule is CN1c2cccc(c2)C(C)(C)c2cccc(c2)N(C)c2nc(cn2-c2ccccc2)C(C)(C)c2cn(-c3ccccc3)c1n2. The standard InChI is InChI=1S/C38H38N6/c1-37(2)27-15-13-21-31(23-27)41(5)35-39-33(25-43(35)29-17-9-7-10-18-29)38(3,4)34-26-44(30-19-11-8-12-20-30)36(40-34)42(6)32-22-14-16-28(37)24-32/h7-26H,1-6H3. The summed E-state index contributed by atoms with van der Waals surface area (Å²) in [7, 11) is 4.21. The smallest absolute Gasteiger partial charge is 0.214 e. The number of benzene rings is 4. The first-order valence-corrected chi connectivity index (χ1v) is 15.1. The maximum absolute atomic E-state index is 5.34. The average molecular weight is 579 g/mol. The lowest BCUT2D eigenvalue weighted by atomic mass is 9.78. The van der Waals surface area contributed by atoms with Crippen molar-refractivity contribution in [3.8, 4) is 11.4 Å². The highest BCUT2D eigenvalue weighted by molar-refractivity contribution is 5.65. The summed E-state index contributed by atoms with van der Waals surface area (Å²) in [6, 6.07) is 38.6. The third-order valence-electron chi connectivity index (χ3n) is 9.23. The Morgan fingerprint density at radius 2 is 0.841 bits per heavy atom. The second kappa shape index (κ2) is 10.3. The molecule has 0 saturated heterocycles. The van der Waals surface area contributed by atoms with Crippen LogP contribution in [0.25, 0.3) is 11.4 Å². The molecule has 220 valence electrons. The first kappa shape index (κ1) is 27.7. The minimum Gasteiger partial charge on any atom is -0.315 e. The highest BCUT2D eigenvalue weighted by atomic mass is 15.3. The van der Waals surface area contributed by atoms with E-state index in [1.54, 1.807) is 0 Å². The van der Waals surface area contributed by atoms with E-state index in [0.717, 1.165) is 46.0 Å². The Hall–Kier alpha value is -5.10. The maximum Gasteiger partial charge on any atom is 0.214 e. The lowest BCUT2D eigenvalue weighted by molar-refractivity contribution is 0.601. The Morgan fingerprint density at radius 1 is 0.455 bits per heavy atom. The monoisotopic (exact) mass is 578 g/mol. The molecule has 0 amide bonds. The Balaban J connectivity index is 1.52. The van der Waals surface area contributed by atoms with Crippen molar-refractivity contribution in [3.05, 3.63) is 144 Å². The molecule has 8 bridgehead atoms. The normalized spacial score (nSPS) is 15.3. The molecular weight excluding hydrogens is 540 g/mol. The van der Waals surface area contributed by atoms with Crippen LogP contribution in [-0.4, -0.2) is 33.2 Å². The highest BCUT2D eigenvalue weighted by Gasteiger charge is 2.34. The lowest BCUT2D eigenvalue weighted by Gasteiger charge is -2.29. The molecule has 44 heavy (non-hydrogen) atoms. The average Bonchev–Trinajstić information content (AvgIpc) is 3.72. The second-order valence-corrected chi connectivity index (χ2v) is 12.7. The van der Waals surface area contributed by atoms with E-state index in [-0.39, 0.29) is 5.41 Å². The van der Waals surface area contributed by atoms with Crippen LogP contribution in [0.5, 0.6) is 0 Å². The summed E-state index contributed by atoms with van der Waals surface area (Å²) >= 11 is 0. The summed E-state index contributed by atoms with van der Waals surface area (Å²) in [5, 5.41) is 0. The topological polar surface area (TPSA) is 42.1 Å². The molecule has 7 rings (SSSR count). The number of hydrogen-bond acceptors (Lipinski definition) is 4. The van der Waals surface area contributed by atoms with E-state index in [1.165, 1.54) is 11.1 Å². The zero-order valence-corrected chi connectivity index (χ0v) is 26.2. The van der Waals surface area contributed by atoms with E-state index >= 15 is 0 Å². The number of hydrogen-bond donors (Lipinski definition) is 0. The predicted octanol–water partition coefficient (Wildman–Crippen LogP) is 8.56. The molecule has 0 aliphatic carbocycles. The van der Waals surface area contributed by atoms with Crippen LogP contribution in [0.15, 0.2) is 122 Å². The molecule has 0 atom stereocenters. The Morgan fingerprint density at radius 3 is 1.25 bits per heavy atom. The van der Waals surface area contributed by atoms with E-state index in [1.807, 2.05) is 12.1 Å². The molecule has 3 heterocycles. The molecule has 1 aliphatic heterocycles. The van der Waals surface area contributed by atoms with Gasteiger partial charge in [-0.15, -0.1) is 0 Å². The number of aromatic nitrogens is 4. The van der Waals surface area contributed by atoms with Gasteiger partial charge in [0.15, 0.2) is 0 Å². The molecule has 0 fully saturated rings. The molecular formula is C38H38N6. The second-order valence-electron chi connectivity index (χ2n) is 12.7. The number of rotatable bonds is 2. The van der Waals surface area contributed by atoms with Crippen LogP contribution >= 0.6 is 0 Å². The molecule has 0 unspecified atom stereocenters. The first-order valence-electron chi connectivity index (χ1n) is 15.1. The summed E-state index contributed by atoms with van der Waals surface area (Å²) in [5.41, 5.74) is 7.91. The molecule has 0 saturated carbocycles. The van der Waals surface area contributed by atoms with Gasteiger partial charge in [0.25, 0.3) is 0 Å². The molecule has 0 N–H and O–H groups in total. The zero-order valence-electron chi connectivity index (χ0n) is 26.2. The molecule has 4 aromatic carbocycles. The summed E-state index contributed by atoms with van der Waals surface area (Å²) < 4.78 is 4.38. The van der Waals surface area contributed by atoms with Gasteiger partial charge in [-0.1, -0.05) is 74.5 Å². The van der Waals surface area contributed by atoms with E-state index in [0.29, 0.717) is 0 Å². The number of fused-ring (bicyclic) bond motifs is 8. The van der Waals surface area contributed by atoms with Crippen molar-refractivity contribution >= 4 is 23.3 Å². The van der Waals surface area contributed by atoms with Gasteiger partial charge in [-0.25, -0.2) is 9.97 Å². The largest absolute Gasteiger partial charge is 0.315 e. The van der Waals surface area contributed by atoms with E-state index in [9.17, 15) is 0 Å². The van der Waals surface area contributed by atoms with Crippen molar-refractivity contribution in [2.24, 2.45) is 0 Å². The van der Waals surface area contributed by atoms with Crippen molar-refractivity contribution in [1.82, 2.24) is 19.1 Å². The van der Waals surface area contributed by atoms with Gasteiger partial charge < -0.3 is 9.80 Å². The molecule has 6 nitrogen and oxygen atoms in total.